The lowest BCUT2D eigenvalue weighted by molar-refractivity contribution is -0.184. The minimum absolute atomic E-state index is 0.219. The lowest BCUT2D eigenvalue weighted by Gasteiger charge is -2.35. The van der Waals surface area contributed by atoms with Gasteiger partial charge in [-0.1, -0.05) is 43.7 Å². The van der Waals surface area contributed by atoms with Crippen molar-refractivity contribution < 1.29 is 24.5 Å². The normalized spacial score (nSPS) is 15.1. The Morgan fingerprint density at radius 2 is 2.10 bits per heavy atom. The molecule has 0 saturated carbocycles. The number of carbonyl (C=O) groups is 2. The van der Waals surface area contributed by atoms with Crippen LogP contribution in [0, 0.1) is 0 Å². The van der Waals surface area contributed by atoms with Gasteiger partial charge in [0.25, 0.3) is 0 Å². The van der Waals surface area contributed by atoms with Gasteiger partial charge in [-0.25, -0.2) is 4.79 Å². The van der Waals surface area contributed by atoms with Crippen molar-refractivity contribution in [3.8, 4) is 0 Å². The van der Waals surface area contributed by atoms with Crippen LogP contribution in [0.5, 0.6) is 0 Å². The van der Waals surface area contributed by atoms with Gasteiger partial charge in [-0.05, 0) is 6.42 Å². The summed E-state index contributed by atoms with van der Waals surface area (Å²) in [7, 11) is 0. The highest BCUT2D eigenvalue weighted by Gasteiger charge is 2.45. The largest absolute Gasteiger partial charge is 0.479 e. The number of aliphatic carboxylic acids is 1. The van der Waals surface area contributed by atoms with E-state index in [4.69, 9.17) is 9.84 Å². The average molecular weight is 281 g/mol. The molecule has 0 aliphatic heterocycles. The molecule has 2 atom stereocenters. The maximum Gasteiger partial charge on any atom is 0.338 e. The van der Waals surface area contributed by atoms with Crippen LogP contribution in [-0.4, -0.2) is 35.3 Å². The average Bonchev–Trinajstić information content (AvgIpc) is 2.46. The van der Waals surface area contributed by atoms with E-state index in [0.29, 0.717) is 18.4 Å². The van der Waals surface area contributed by atoms with Crippen molar-refractivity contribution in [2.75, 3.05) is 6.61 Å². The third-order valence-corrected chi connectivity index (χ3v) is 2.92. The molecule has 20 heavy (non-hydrogen) atoms. The quantitative estimate of drug-likeness (QED) is 0.354. The van der Waals surface area contributed by atoms with Gasteiger partial charge in [0.05, 0.1) is 0 Å². The van der Waals surface area contributed by atoms with E-state index in [2.05, 4.69) is 5.32 Å². The number of hydrogen-bond acceptors (Lipinski definition) is 4. The molecule has 1 aromatic carbocycles. The van der Waals surface area contributed by atoms with Crippen LogP contribution in [0.15, 0.2) is 30.3 Å². The van der Waals surface area contributed by atoms with Crippen LogP contribution in [0.4, 0.5) is 0 Å². The number of benzene rings is 1. The number of ether oxygens (including phenoxy) is 1. The van der Waals surface area contributed by atoms with Crippen LogP contribution in [-0.2, 0) is 20.1 Å². The molecule has 6 heteroatoms. The maximum atomic E-state index is 11.1. The first-order chi connectivity index (χ1) is 9.58. The van der Waals surface area contributed by atoms with E-state index in [-0.39, 0.29) is 6.61 Å². The fourth-order valence-corrected chi connectivity index (χ4v) is 1.85. The fraction of sp³-hybridized carbons (Fsp3) is 0.429. The summed E-state index contributed by atoms with van der Waals surface area (Å²) in [6, 6.07) is 8.28. The summed E-state index contributed by atoms with van der Waals surface area (Å²) in [6.45, 7) is 2.17. The van der Waals surface area contributed by atoms with Gasteiger partial charge in [0.2, 0.25) is 18.2 Å². The molecule has 0 aromatic heterocycles. The van der Waals surface area contributed by atoms with Crippen molar-refractivity contribution in [2.24, 2.45) is 0 Å². The van der Waals surface area contributed by atoms with Crippen LogP contribution >= 0.6 is 0 Å². The van der Waals surface area contributed by atoms with Gasteiger partial charge < -0.3 is 20.3 Å². The highest BCUT2D eigenvalue weighted by atomic mass is 16.5. The number of unbranched alkanes of at least 4 members (excludes halogenated alkanes) is 1. The number of rotatable bonds is 9. The van der Waals surface area contributed by atoms with Gasteiger partial charge in [-0.3, -0.25) is 4.79 Å². The monoisotopic (exact) mass is 281 g/mol. The Bertz CT molecular complexity index is 436. The second-order valence-corrected chi connectivity index (χ2v) is 4.31. The highest BCUT2D eigenvalue weighted by molar-refractivity contribution is 5.74. The molecule has 6 nitrogen and oxygen atoms in total. The number of aliphatic hydroxyl groups excluding tert-OH is 1. The molecule has 1 rings (SSSR count). The smallest absolute Gasteiger partial charge is 0.338 e. The predicted molar refractivity (Wildman–Crippen MR) is 71.8 cm³/mol. The SMILES string of the molecule is CCCCOC(NC=O)(c1ccccc1)C(O)C(=O)O. The molecule has 0 aliphatic rings. The van der Waals surface area contributed by atoms with Gasteiger partial charge in [0.1, 0.15) is 0 Å². The van der Waals surface area contributed by atoms with Gasteiger partial charge in [-0.2, -0.15) is 0 Å². The number of carboxylic acid groups (broad SMARTS) is 1. The van der Waals surface area contributed by atoms with Gasteiger partial charge in [-0.15, -0.1) is 0 Å². The van der Waals surface area contributed by atoms with E-state index in [0.717, 1.165) is 6.42 Å². The Morgan fingerprint density at radius 1 is 1.45 bits per heavy atom. The van der Waals surface area contributed by atoms with E-state index >= 15 is 0 Å². The number of carbonyl (C=O) groups excluding carboxylic acids is 1. The Balaban J connectivity index is 3.18. The fourth-order valence-electron chi connectivity index (χ4n) is 1.85. The molecule has 0 fully saturated rings. The number of hydrogen-bond donors (Lipinski definition) is 3. The van der Waals surface area contributed by atoms with Crippen molar-refractivity contribution in [3.05, 3.63) is 35.9 Å². The third-order valence-electron chi connectivity index (χ3n) is 2.92. The molecule has 1 amide bonds. The van der Waals surface area contributed by atoms with Crippen LogP contribution in [0.1, 0.15) is 25.3 Å². The molecule has 0 radical (unpaired) electrons. The van der Waals surface area contributed by atoms with E-state index < -0.39 is 17.8 Å². The number of aliphatic hydroxyl groups is 1. The Morgan fingerprint density at radius 3 is 2.60 bits per heavy atom. The zero-order valence-corrected chi connectivity index (χ0v) is 11.3. The molecule has 0 saturated heterocycles. The van der Waals surface area contributed by atoms with Gasteiger partial charge in [0, 0.05) is 12.2 Å². The van der Waals surface area contributed by atoms with Crippen LogP contribution in [0.25, 0.3) is 0 Å². The second-order valence-electron chi connectivity index (χ2n) is 4.31. The Labute approximate surface area is 117 Å². The topological polar surface area (TPSA) is 95.9 Å². The maximum absolute atomic E-state index is 11.1. The second kappa shape index (κ2) is 7.62. The van der Waals surface area contributed by atoms with Crippen molar-refractivity contribution in [3.63, 3.8) is 0 Å². The molecule has 1 aromatic rings. The molecular weight excluding hydrogens is 262 g/mol. The first-order valence-corrected chi connectivity index (χ1v) is 6.40. The van der Waals surface area contributed by atoms with Gasteiger partial charge >= 0.3 is 5.97 Å². The van der Waals surface area contributed by atoms with Crippen molar-refractivity contribution in [1.82, 2.24) is 5.32 Å². The first-order valence-electron chi connectivity index (χ1n) is 6.40. The van der Waals surface area contributed by atoms with E-state index in [1.807, 2.05) is 6.92 Å². The molecule has 0 aliphatic carbocycles. The highest BCUT2D eigenvalue weighted by Crippen LogP contribution is 2.27. The zero-order valence-electron chi connectivity index (χ0n) is 11.3. The summed E-state index contributed by atoms with van der Waals surface area (Å²) in [5.41, 5.74) is -1.41. The van der Waals surface area contributed by atoms with Crippen LogP contribution < -0.4 is 5.32 Å². The van der Waals surface area contributed by atoms with Crippen LogP contribution in [0.2, 0.25) is 0 Å². The number of nitrogens with one attached hydrogen (secondary N) is 1. The summed E-state index contributed by atoms with van der Waals surface area (Å²) >= 11 is 0. The van der Waals surface area contributed by atoms with E-state index in [1.54, 1.807) is 30.3 Å². The summed E-state index contributed by atoms with van der Waals surface area (Å²) < 4.78 is 5.55. The molecule has 3 N–H and O–H groups in total. The number of amides is 1. The van der Waals surface area contributed by atoms with Gasteiger partial charge in [0.15, 0.2) is 0 Å². The molecule has 0 bridgehead atoms. The Kier molecular flexibility index (Phi) is 6.14. The molecule has 0 spiro atoms. The standard InChI is InChI=1S/C14H19NO5/c1-2-3-9-20-14(15-10-16,12(17)13(18)19)11-7-5-4-6-8-11/h4-8,10,12,17H,2-3,9H2,1H3,(H,15,16)(H,18,19). The lowest BCUT2D eigenvalue weighted by atomic mass is 9.96. The van der Waals surface area contributed by atoms with Crippen LogP contribution in [0.3, 0.4) is 0 Å². The van der Waals surface area contributed by atoms with Crippen molar-refractivity contribution >= 4 is 12.4 Å². The summed E-state index contributed by atoms with van der Waals surface area (Å²) in [5.74, 6) is -1.47. The van der Waals surface area contributed by atoms with Crippen molar-refractivity contribution in [1.29, 1.82) is 0 Å². The van der Waals surface area contributed by atoms with E-state index in [9.17, 15) is 14.7 Å². The molecule has 0 heterocycles. The lowest BCUT2D eigenvalue weighted by Crippen LogP contribution is -2.56. The molecular formula is C14H19NO5. The van der Waals surface area contributed by atoms with Crippen molar-refractivity contribution in [2.45, 2.75) is 31.6 Å². The third kappa shape index (κ3) is 3.55. The first kappa shape index (κ1) is 16.1. The summed E-state index contributed by atoms with van der Waals surface area (Å²) in [4.78, 5) is 22.0. The summed E-state index contributed by atoms with van der Waals surface area (Å²) in [5, 5.41) is 21.4. The van der Waals surface area contributed by atoms with E-state index in [1.165, 1.54) is 0 Å². The minimum Gasteiger partial charge on any atom is -0.479 e. The Hall–Kier alpha value is -1.92. The zero-order chi connectivity index (χ0) is 15.0. The predicted octanol–water partition coefficient (Wildman–Crippen LogP) is 0.848. The summed E-state index contributed by atoms with van der Waals surface area (Å²) in [6.07, 6.45) is -0.0613. The number of carboxylic acids is 1. The molecule has 2 unspecified atom stereocenters. The molecule has 110 valence electrons. The minimum atomic E-state index is -1.91.